The number of aliphatic hydroxyl groups excluding tert-OH is 1. The van der Waals surface area contributed by atoms with Crippen LogP contribution in [0.2, 0.25) is 0 Å². The van der Waals surface area contributed by atoms with Gasteiger partial charge in [0.2, 0.25) is 0 Å². The highest BCUT2D eigenvalue weighted by atomic mass is 19.4. The van der Waals surface area contributed by atoms with Crippen molar-refractivity contribution in [2.24, 2.45) is 11.3 Å². The molecule has 196 valence electrons. The Hall–Kier alpha value is -2.17. The van der Waals surface area contributed by atoms with Gasteiger partial charge in [-0.2, -0.15) is 13.2 Å². The number of rotatable bonds is 3. The number of ether oxygens (including phenoxy) is 1. The second-order valence-electron chi connectivity index (χ2n) is 10.2. The Morgan fingerprint density at radius 1 is 1.20 bits per heavy atom. The molecule has 1 amide bonds. The van der Waals surface area contributed by atoms with E-state index in [1.165, 1.54) is 0 Å². The van der Waals surface area contributed by atoms with Crippen LogP contribution in [0.25, 0.3) is 0 Å². The molecule has 35 heavy (non-hydrogen) atoms. The average molecular weight is 501 g/mol. The van der Waals surface area contributed by atoms with Crippen molar-refractivity contribution in [2.75, 3.05) is 39.3 Å². The Morgan fingerprint density at radius 2 is 1.86 bits per heavy atom. The largest absolute Gasteiger partial charge is 0.490 e. The molecule has 1 spiro atoms. The van der Waals surface area contributed by atoms with Gasteiger partial charge in [0.1, 0.15) is 0 Å². The fourth-order valence-electron chi connectivity index (χ4n) is 5.07. The molecule has 0 aliphatic carbocycles. The van der Waals surface area contributed by atoms with Gasteiger partial charge in [-0.25, -0.2) is 4.79 Å². The minimum atomic E-state index is -5.08. The van der Waals surface area contributed by atoms with Crippen molar-refractivity contribution in [3.8, 4) is 0 Å². The number of halogens is 3. The number of β-amino-alcohol motifs (C(OH)–C–C–N with tert-alkyl or cyclic N) is 1. The van der Waals surface area contributed by atoms with E-state index < -0.39 is 12.1 Å². The van der Waals surface area contributed by atoms with E-state index in [9.17, 15) is 23.1 Å². The minimum Gasteiger partial charge on any atom is -0.475 e. The van der Waals surface area contributed by atoms with E-state index >= 15 is 0 Å². The lowest BCUT2D eigenvalue weighted by molar-refractivity contribution is -0.192. The van der Waals surface area contributed by atoms with Crippen LogP contribution in [0.4, 0.5) is 13.2 Å². The molecule has 3 aliphatic heterocycles. The van der Waals surface area contributed by atoms with Crippen LogP contribution in [0, 0.1) is 18.3 Å². The zero-order valence-electron chi connectivity index (χ0n) is 20.3. The van der Waals surface area contributed by atoms with E-state index in [4.69, 9.17) is 14.6 Å². The summed E-state index contributed by atoms with van der Waals surface area (Å²) in [6.07, 6.45) is -0.822. The van der Waals surface area contributed by atoms with Gasteiger partial charge in [0.05, 0.1) is 18.8 Å². The summed E-state index contributed by atoms with van der Waals surface area (Å²) >= 11 is 0. The summed E-state index contributed by atoms with van der Waals surface area (Å²) in [5.74, 6) is -2.19. The van der Waals surface area contributed by atoms with Gasteiger partial charge in [-0.05, 0) is 62.6 Å². The third-order valence-corrected chi connectivity index (χ3v) is 7.37. The zero-order valence-corrected chi connectivity index (χ0v) is 20.3. The second-order valence-corrected chi connectivity index (χ2v) is 10.2. The molecular formula is C25H35F3N2O5. The molecule has 1 aromatic carbocycles. The van der Waals surface area contributed by atoms with Gasteiger partial charge in [0.15, 0.2) is 0 Å². The van der Waals surface area contributed by atoms with Gasteiger partial charge in [-0.1, -0.05) is 24.6 Å². The van der Waals surface area contributed by atoms with Gasteiger partial charge in [-0.15, -0.1) is 0 Å². The number of aryl methyl sites for hydroxylation is 1. The average Bonchev–Trinajstić information content (AvgIpc) is 3.18. The third-order valence-electron chi connectivity index (χ3n) is 7.37. The summed E-state index contributed by atoms with van der Waals surface area (Å²) < 4.78 is 37.9. The van der Waals surface area contributed by atoms with Crippen molar-refractivity contribution in [3.05, 3.63) is 35.4 Å². The van der Waals surface area contributed by atoms with Crippen molar-refractivity contribution < 1.29 is 37.7 Å². The molecule has 3 atom stereocenters. The molecule has 3 saturated heterocycles. The highest BCUT2D eigenvalue weighted by molar-refractivity contribution is 5.94. The number of carbonyl (C=O) groups excluding carboxylic acids is 1. The van der Waals surface area contributed by atoms with Crippen LogP contribution >= 0.6 is 0 Å². The number of carbonyl (C=O) groups is 2. The molecule has 0 aromatic heterocycles. The van der Waals surface area contributed by atoms with E-state index in [0.717, 1.165) is 76.1 Å². The maximum Gasteiger partial charge on any atom is 0.490 e. The first kappa shape index (κ1) is 27.4. The van der Waals surface area contributed by atoms with Crippen molar-refractivity contribution in [1.82, 2.24) is 9.80 Å². The fraction of sp³-hybridized carbons (Fsp3) is 0.680. The molecule has 2 N–H and O–H groups in total. The van der Waals surface area contributed by atoms with Crippen molar-refractivity contribution in [3.63, 3.8) is 0 Å². The van der Waals surface area contributed by atoms with Crippen LogP contribution < -0.4 is 0 Å². The number of alkyl halides is 3. The number of amides is 1. The summed E-state index contributed by atoms with van der Waals surface area (Å²) in [6, 6.07) is 7.89. The summed E-state index contributed by atoms with van der Waals surface area (Å²) in [4.78, 5) is 26.1. The van der Waals surface area contributed by atoms with E-state index in [2.05, 4.69) is 11.8 Å². The Balaban J connectivity index is 0.000000429. The fourth-order valence-corrected chi connectivity index (χ4v) is 5.07. The quantitative estimate of drug-likeness (QED) is 0.662. The first-order valence-electron chi connectivity index (χ1n) is 12.1. The van der Waals surface area contributed by atoms with Crippen LogP contribution in [-0.2, 0) is 9.53 Å². The number of carboxylic acids is 1. The summed E-state index contributed by atoms with van der Waals surface area (Å²) in [5, 5.41) is 17.3. The summed E-state index contributed by atoms with van der Waals surface area (Å²) in [6.45, 7) is 9.38. The van der Waals surface area contributed by atoms with Gasteiger partial charge < -0.3 is 19.8 Å². The number of hydrogen-bond acceptors (Lipinski definition) is 5. The first-order chi connectivity index (χ1) is 16.4. The lowest BCUT2D eigenvalue weighted by atomic mass is 9.76. The van der Waals surface area contributed by atoms with Crippen LogP contribution in [-0.4, -0.2) is 89.6 Å². The molecule has 3 aliphatic rings. The van der Waals surface area contributed by atoms with Crippen LogP contribution in [0.1, 0.15) is 48.5 Å². The zero-order chi connectivity index (χ0) is 25.8. The Kier molecular flexibility index (Phi) is 8.82. The highest BCUT2D eigenvalue weighted by Crippen LogP contribution is 2.42. The molecule has 0 bridgehead atoms. The molecule has 1 unspecified atom stereocenters. The second kappa shape index (κ2) is 11.3. The number of benzene rings is 1. The van der Waals surface area contributed by atoms with Crippen LogP contribution in [0.15, 0.2) is 24.3 Å². The molecular weight excluding hydrogens is 465 g/mol. The maximum atomic E-state index is 12.8. The van der Waals surface area contributed by atoms with E-state index in [1.807, 2.05) is 36.1 Å². The standard InChI is InChI=1S/C23H34N2O3.C2HF3O2/c1-17-4-3-5-19(12-17)22(27)25-10-7-23(8-11-25)13-20(28-16-23)14-24-9-6-18(2)21(26)15-24;3-2(4,5)1(6)7/h3-5,12,18,20-21,26H,6-11,13-16H2,1-2H3;(H,6,7)/t18-,20?,21-;/m1./s1. The van der Waals surface area contributed by atoms with E-state index in [0.29, 0.717) is 5.92 Å². The Bertz CT molecular complexity index is 886. The highest BCUT2D eigenvalue weighted by Gasteiger charge is 2.44. The SMILES string of the molecule is Cc1cccc(C(=O)N2CCC3(CC2)COC(CN2CC[C@@H](C)[C@H](O)C2)C3)c1.O=C(O)C(F)(F)F. The molecule has 4 rings (SSSR count). The van der Waals surface area contributed by atoms with Gasteiger partial charge in [0, 0.05) is 31.7 Å². The maximum absolute atomic E-state index is 12.8. The molecule has 3 fully saturated rings. The molecule has 1 aromatic rings. The number of piperidine rings is 2. The lowest BCUT2D eigenvalue weighted by Crippen LogP contribution is -2.46. The number of aliphatic carboxylic acids is 1. The van der Waals surface area contributed by atoms with Gasteiger partial charge in [-0.3, -0.25) is 9.69 Å². The number of hydrogen-bond donors (Lipinski definition) is 2. The molecule has 7 nitrogen and oxygen atoms in total. The number of aliphatic hydroxyl groups is 1. The topological polar surface area (TPSA) is 90.3 Å². The molecule has 3 heterocycles. The molecule has 0 saturated carbocycles. The minimum absolute atomic E-state index is 0.158. The third kappa shape index (κ3) is 7.41. The number of nitrogens with zero attached hydrogens (tertiary/aromatic N) is 2. The Morgan fingerprint density at radius 3 is 2.43 bits per heavy atom. The van der Waals surface area contributed by atoms with Crippen molar-refractivity contribution in [1.29, 1.82) is 0 Å². The summed E-state index contributed by atoms with van der Waals surface area (Å²) in [7, 11) is 0. The van der Waals surface area contributed by atoms with E-state index in [1.54, 1.807) is 0 Å². The van der Waals surface area contributed by atoms with Crippen molar-refractivity contribution >= 4 is 11.9 Å². The summed E-state index contributed by atoms with van der Waals surface area (Å²) in [5.41, 5.74) is 2.16. The lowest BCUT2D eigenvalue weighted by Gasteiger charge is -2.39. The smallest absolute Gasteiger partial charge is 0.475 e. The molecule has 10 heteroatoms. The molecule has 0 radical (unpaired) electrons. The monoisotopic (exact) mass is 500 g/mol. The van der Waals surface area contributed by atoms with Crippen LogP contribution in [0.5, 0.6) is 0 Å². The van der Waals surface area contributed by atoms with Gasteiger partial charge in [0.25, 0.3) is 5.91 Å². The van der Waals surface area contributed by atoms with Crippen molar-refractivity contribution in [2.45, 2.75) is 57.9 Å². The van der Waals surface area contributed by atoms with E-state index in [-0.39, 0.29) is 23.5 Å². The predicted octanol–water partition coefficient (Wildman–Crippen LogP) is 3.34. The Labute approximate surface area is 203 Å². The number of likely N-dealkylation sites (tertiary alicyclic amines) is 2. The van der Waals surface area contributed by atoms with Crippen LogP contribution in [0.3, 0.4) is 0 Å². The predicted molar refractivity (Wildman–Crippen MR) is 123 cm³/mol. The normalized spacial score (nSPS) is 26.8. The first-order valence-corrected chi connectivity index (χ1v) is 12.1. The number of carboxylic acid groups (broad SMARTS) is 1. The van der Waals surface area contributed by atoms with Gasteiger partial charge >= 0.3 is 12.1 Å².